The fraction of sp³-hybridized carbons (Fsp3) is 0.0909. The molecule has 1 aromatic rings. The molecule has 0 spiro atoms. The molecule has 18 heavy (non-hydrogen) atoms. The molecular formula is C11H16CaN2O2S2. The topological polar surface area (TPSA) is 78.3 Å². The van der Waals surface area contributed by atoms with E-state index >= 15 is 0 Å². The number of nitrogens with two attached hydrogens (primary N) is 2. The molecule has 0 heterocycles. The average molecular weight is 312 g/mol. The summed E-state index contributed by atoms with van der Waals surface area (Å²) in [5.41, 5.74) is 11.6. The number of thiol groups is 1. The molecule has 1 rings (SSSR count). The smallest absolute Gasteiger partial charge is 1.00 e. The standard InChI is InChI=1S/C10H11NOS.CH3NOS.Ca.2H/c1-2-8-3-5-9(6-4-8)7-12-10(11)13;2-1(3)4;;;/h2-6H,1,7H2,(H2,11,13);(H3,2,3,4);;;/q;;+2;2*-1. The Hall–Kier alpha value is -0.270. The van der Waals surface area contributed by atoms with Crippen LogP contribution in [0.1, 0.15) is 14.0 Å². The fourth-order valence-electron chi connectivity index (χ4n) is 0.904. The summed E-state index contributed by atoms with van der Waals surface area (Å²) in [7, 11) is 0. The molecule has 0 radical (unpaired) electrons. The Balaban J connectivity index is -0.000000164. The Kier molecular flexibility index (Phi) is 13.1. The van der Waals surface area contributed by atoms with Gasteiger partial charge in [-0.1, -0.05) is 49.5 Å². The second kappa shape index (κ2) is 11.8. The van der Waals surface area contributed by atoms with Gasteiger partial charge in [0, 0.05) is 0 Å². The van der Waals surface area contributed by atoms with Gasteiger partial charge in [-0.15, -0.1) is 0 Å². The van der Waals surface area contributed by atoms with Crippen molar-refractivity contribution < 1.29 is 12.4 Å². The molecule has 0 aliphatic carbocycles. The average Bonchev–Trinajstić information content (AvgIpc) is 2.26. The number of carbonyl (C=O) groups is 1. The van der Waals surface area contributed by atoms with Gasteiger partial charge < -0.3 is 19.1 Å². The zero-order valence-electron chi connectivity index (χ0n) is 11.8. The Bertz CT molecular complexity index is 402. The largest absolute Gasteiger partial charge is 2.00 e. The molecule has 0 atom stereocenters. The number of thiocarbonyl (C=S) groups is 1. The first kappa shape index (κ1) is 20.1. The normalized spacial score (nSPS) is 8.06. The predicted molar refractivity (Wildman–Crippen MR) is 84.7 cm³/mol. The molecule has 96 valence electrons. The van der Waals surface area contributed by atoms with Gasteiger partial charge in [0.25, 0.3) is 10.4 Å². The molecule has 0 bridgehead atoms. The minimum absolute atomic E-state index is 0. The molecule has 4 nitrogen and oxygen atoms in total. The van der Waals surface area contributed by atoms with Crippen LogP contribution in [0, 0.1) is 0 Å². The van der Waals surface area contributed by atoms with E-state index in [-0.39, 0.29) is 45.8 Å². The zero-order chi connectivity index (χ0) is 13.3. The molecule has 7 heteroatoms. The van der Waals surface area contributed by atoms with Gasteiger partial charge in [-0.05, 0) is 23.3 Å². The molecule has 0 unspecified atom stereocenters. The van der Waals surface area contributed by atoms with Gasteiger partial charge in [0.15, 0.2) is 0 Å². The Labute approximate surface area is 150 Å². The summed E-state index contributed by atoms with van der Waals surface area (Å²) < 4.78 is 4.98. The van der Waals surface area contributed by atoms with Crippen LogP contribution in [0.4, 0.5) is 4.79 Å². The summed E-state index contributed by atoms with van der Waals surface area (Å²) >= 11 is 7.69. The number of benzene rings is 1. The van der Waals surface area contributed by atoms with Gasteiger partial charge in [-0.3, -0.25) is 4.79 Å². The minimum atomic E-state index is -0.639. The van der Waals surface area contributed by atoms with Crippen molar-refractivity contribution in [3.8, 4) is 0 Å². The number of ether oxygens (including phenoxy) is 1. The van der Waals surface area contributed by atoms with Crippen molar-refractivity contribution in [2.24, 2.45) is 11.5 Å². The first-order valence-corrected chi connectivity index (χ1v) is 5.43. The van der Waals surface area contributed by atoms with Crippen molar-refractivity contribution >= 4 is 79.1 Å². The van der Waals surface area contributed by atoms with Gasteiger partial charge in [-0.25, -0.2) is 0 Å². The maximum Gasteiger partial charge on any atom is 2.00 e. The number of amides is 1. The van der Waals surface area contributed by atoms with E-state index in [4.69, 9.17) is 15.3 Å². The predicted octanol–water partition coefficient (Wildman–Crippen LogP) is 1.93. The van der Waals surface area contributed by atoms with E-state index in [1.165, 1.54) is 0 Å². The van der Waals surface area contributed by atoms with Gasteiger partial charge in [0.1, 0.15) is 6.61 Å². The second-order valence-corrected chi connectivity index (χ2v) is 3.73. The summed E-state index contributed by atoms with van der Waals surface area (Å²) in [4.78, 5) is 9.09. The van der Waals surface area contributed by atoms with Crippen molar-refractivity contribution in [2.45, 2.75) is 6.61 Å². The first-order valence-electron chi connectivity index (χ1n) is 4.57. The van der Waals surface area contributed by atoms with E-state index in [9.17, 15) is 0 Å². The molecule has 0 saturated carbocycles. The number of primary amides is 1. The molecule has 4 N–H and O–H groups in total. The fourth-order valence-corrected chi connectivity index (χ4v) is 0.963. The van der Waals surface area contributed by atoms with Crippen LogP contribution in [0.15, 0.2) is 30.8 Å². The summed E-state index contributed by atoms with van der Waals surface area (Å²) in [6, 6.07) is 7.83. The Morgan fingerprint density at radius 3 is 2.22 bits per heavy atom. The van der Waals surface area contributed by atoms with Crippen LogP contribution >= 0.6 is 24.8 Å². The van der Waals surface area contributed by atoms with Gasteiger partial charge in [-0.2, -0.15) is 0 Å². The summed E-state index contributed by atoms with van der Waals surface area (Å²) in [6.45, 7) is 4.09. The molecule has 1 amide bonds. The molecule has 0 aromatic heterocycles. The number of hydrogen-bond acceptors (Lipinski definition) is 3. The molecular weight excluding hydrogens is 296 g/mol. The molecule has 0 saturated heterocycles. The van der Waals surface area contributed by atoms with Crippen LogP contribution in [0.25, 0.3) is 6.08 Å². The van der Waals surface area contributed by atoms with Crippen molar-refractivity contribution in [3.63, 3.8) is 0 Å². The Morgan fingerprint density at radius 2 is 1.89 bits per heavy atom. The van der Waals surface area contributed by atoms with Crippen molar-refractivity contribution in [2.75, 3.05) is 0 Å². The van der Waals surface area contributed by atoms with Crippen LogP contribution < -0.4 is 11.5 Å². The quantitative estimate of drug-likeness (QED) is 0.453. The van der Waals surface area contributed by atoms with Crippen molar-refractivity contribution in [1.82, 2.24) is 0 Å². The number of rotatable bonds is 3. The molecule has 1 aromatic carbocycles. The van der Waals surface area contributed by atoms with Crippen LogP contribution in [-0.2, 0) is 11.3 Å². The van der Waals surface area contributed by atoms with E-state index in [1.807, 2.05) is 24.3 Å². The number of carbonyl (C=O) groups excluding carboxylic acids is 1. The van der Waals surface area contributed by atoms with Gasteiger partial charge >= 0.3 is 37.7 Å². The third-order valence-corrected chi connectivity index (χ3v) is 1.71. The van der Waals surface area contributed by atoms with Crippen LogP contribution in [-0.4, -0.2) is 48.2 Å². The minimum Gasteiger partial charge on any atom is -1.00 e. The van der Waals surface area contributed by atoms with E-state index in [2.05, 4.69) is 37.2 Å². The maximum absolute atomic E-state index is 9.09. The summed E-state index contributed by atoms with van der Waals surface area (Å²) in [5, 5.41) is -0.562. The van der Waals surface area contributed by atoms with E-state index in [0.717, 1.165) is 11.1 Å². The molecule has 0 aliphatic rings. The van der Waals surface area contributed by atoms with Crippen LogP contribution in [0.2, 0.25) is 0 Å². The van der Waals surface area contributed by atoms with Crippen molar-refractivity contribution in [3.05, 3.63) is 42.0 Å². The first-order chi connectivity index (χ1) is 7.95. The summed E-state index contributed by atoms with van der Waals surface area (Å²) in [5.74, 6) is 0. The Morgan fingerprint density at radius 1 is 1.44 bits per heavy atom. The summed E-state index contributed by atoms with van der Waals surface area (Å²) in [6.07, 6.45) is 1.79. The van der Waals surface area contributed by atoms with Crippen molar-refractivity contribution in [1.29, 1.82) is 0 Å². The zero-order valence-corrected chi connectivity index (χ0v) is 13.8. The third-order valence-electron chi connectivity index (χ3n) is 1.60. The SMILES string of the molecule is C=Cc1ccc(COC(N)=S)cc1.NC(=O)S.[Ca+2].[H-].[H-]. The van der Waals surface area contributed by atoms with E-state index in [1.54, 1.807) is 6.08 Å². The van der Waals surface area contributed by atoms with E-state index in [0.29, 0.717) is 6.61 Å². The molecule has 0 aliphatic heterocycles. The molecule has 0 fully saturated rings. The third kappa shape index (κ3) is 12.2. The van der Waals surface area contributed by atoms with Gasteiger partial charge in [0.2, 0.25) is 0 Å². The van der Waals surface area contributed by atoms with Crippen LogP contribution in [0.5, 0.6) is 0 Å². The van der Waals surface area contributed by atoms with E-state index < -0.39 is 5.24 Å². The maximum atomic E-state index is 9.09. The second-order valence-electron chi connectivity index (χ2n) is 2.89. The number of hydrogen-bond donors (Lipinski definition) is 3. The monoisotopic (exact) mass is 312 g/mol. The van der Waals surface area contributed by atoms with Gasteiger partial charge in [0.05, 0.1) is 0 Å². The van der Waals surface area contributed by atoms with Crippen LogP contribution in [0.3, 0.4) is 0 Å².